The van der Waals surface area contributed by atoms with Crippen molar-refractivity contribution >= 4 is 11.7 Å². The highest BCUT2D eigenvalue weighted by atomic mass is 16.1. The molecule has 2 rings (SSSR count). The Labute approximate surface area is 85.9 Å². The molecule has 76 valence electrons. The van der Waals surface area contributed by atoms with Gasteiger partial charge in [-0.05, 0) is 12.1 Å². The second-order valence-electron chi connectivity index (χ2n) is 2.92. The van der Waals surface area contributed by atoms with Gasteiger partial charge in [-0.1, -0.05) is 0 Å². The summed E-state index contributed by atoms with van der Waals surface area (Å²) in [6.45, 7) is 0. The molecule has 0 aliphatic heterocycles. The van der Waals surface area contributed by atoms with E-state index in [-0.39, 0.29) is 5.91 Å². The number of amides is 1. The summed E-state index contributed by atoms with van der Waals surface area (Å²) >= 11 is 0. The van der Waals surface area contributed by atoms with E-state index in [1.54, 1.807) is 25.4 Å². The summed E-state index contributed by atoms with van der Waals surface area (Å²) in [5.41, 5.74) is 0.489. The Kier molecular flexibility index (Phi) is 2.40. The monoisotopic (exact) mass is 203 g/mol. The van der Waals surface area contributed by atoms with Crippen LogP contribution in [0.4, 0.5) is 5.82 Å². The number of aryl methyl sites for hydroxylation is 1. The second-order valence-corrected chi connectivity index (χ2v) is 2.92. The minimum absolute atomic E-state index is 0.247. The fourth-order valence-corrected chi connectivity index (χ4v) is 1.09. The molecule has 6 nitrogen and oxygen atoms in total. The topological polar surface area (TPSA) is 72.7 Å². The van der Waals surface area contributed by atoms with Gasteiger partial charge >= 0.3 is 0 Å². The van der Waals surface area contributed by atoms with Crippen molar-refractivity contribution in [2.75, 3.05) is 5.32 Å². The zero-order valence-electron chi connectivity index (χ0n) is 8.08. The van der Waals surface area contributed by atoms with Crippen LogP contribution in [0.5, 0.6) is 0 Å². The van der Waals surface area contributed by atoms with Crippen LogP contribution in [0.3, 0.4) is 0 Å². The molecule has 0 saturated carbocycles. The normalized spacial score (nSPS) is 9.93. The lowest BCUT2D eigenvalue weighted by Crippen LogP contribution is -2.12. The fourth-order valence-electron chi connectivity index (χ4n) is 1.09. The van der Waals surface area contributed by atoms with Gasteiger partial charge in [0, 0.05) is 19.4 Å². The summed E-state index contributed by atoms with van der Waals surface area (Å²) in [6, 6.07) is 3.38. The van der Waals surface area contributed by atoms with Crippen molar-refractivity contribution in [1.29, 1.82) is 0 Å². The van der Waals surface area contributed by atoms with Crippen LogP contribution < -0.4 is 5.32 Å². The largest absolute Gasteiger partial charge is 0.304 e. The van der Waals surface area contributed by atoms with Crippen molar-refractivity contribution in [3.8, 4) is 0 Å². The third-order valence-corrected chi connectivity index (χ3v) is 1.76. The smallest absolute Gasteiger partial charge is 0.258 e. The number of nitrogens with zero attached hydrogens (tertiary/aromatic N) is 4. The van der Waals surface area contributed by atoms with Crippen molar-refractivity contribution < 1.29 is 4.79 Å². The third-order valence-electron chi connectivity index (χ3n) is 1.76. The summed E-state index contributed by atoms with van der Waals surface area (Å²) in [4.78, 5) is 16.8. The maximum atomic E-state index is 11.6. The summed E-state index contributed by atoms with van der Waals surface area (Å²) in [5.74, 6) is 0.176. The van der Waals surface area contributed by atoms with Gasteiger partial charge in [-0.3, -0.25) is 9.78 Å². The van der Waals surface area contributed by atoms with E-state index in [0.29, 0.717) is 11.4 Å². The Morgan fingerprint density at radius 1 is 1.47 bits per heavy atom. The van der Waals surface area contributed by atoms with Crippen molar-refractivity contribution in [3.63, 3.8) is 0 Å². The zero-order chi connectivity index (χ0) is 10.7. The molecule has 0 bridgehead atoms. The second kappa shape index (κ2) is 3.87. The maximum absolute atomic E-state index is 11.6. The molecule has 2 heterocycles. The van der Waals surface area contributed by atoms with E-state index in [4.69, 9.17) is 0 Å². The van der Waals surface area contributed by atoms with E-state index in [1.807, 2.05) is 0 Å². The predicted octanol–water partition coefficient (Wildman–Crippen LogP) is 0.462. The molecule has 2 aromatic heterocycles. The number of hydrogen-bond acceptors (Lipinski definition) is 4. The molecule has 15 heavy (non-hydrogen) atoms. The van der Waals surface area contributed by atoms with Gasteiger partial charge in [0.25, 0.3) is 5.91 Å². The molecule has 0 aromatic carbocycles. The van der Waals surface area contributed by atoms with Gasteiger partial charge in [0.15, 0.2) is 5.82 Å². The van der Waals surface area contributed by atoms with Crippen molar-refractivity contribution in [2.45, 2.75) is 0 Å². The minimum atomic E-state index is -0.247. The predicted molar refractivity (Wildman–Crippen MR) is 53.2 cm³/mol. The maximum Gasteiger partial charge on any atom is 0.258 e. The molecule has 1 N–H and O–H groups in total. The highest BCUT2D eigenvalue weighted by Gasteiger charge is 2.07. The van der Waals surface area contributed by atoms with Gasteiger partial charge in [0.2, 0.25) is 0 Å². The highest BCUT2D eigenvalue weighted by molar-refractivity contribution is 6.03. The van der Waals surface area contributed by atoms with Crippen LogP contribution in [-0.4, -0.2) is 25.9 Å². The summed E-state index contributed by atoms with van der Waals surface area (Å²) in [7, 11) is 1.68. The first-order valence-electron chi connectivity index (χ1n) is 4.33. The fraction of sp³-hybridized carbons (Fsp3) is 0.111. The number of aromatic nitrogens is 4. The summed E-state index contributed by atoms with van der Waals surface area (Å²) < 4.78 is 0. The van der Waals surface area contributed by atoms with Gasteiger partial charge < -0.3 is 5.32 Å². The Balaban J connectivity index is 2.11. The lowest BCUT2D eigenvalue weighted by Gasteiger charge is -1.99. The molecule has 0 atom stereocenters. The molecule has 0 spiro atoms. The van der Waals surface area contributed by atoms with Gasteiger partial charge in [0.05, 0.1) is 11.8 Å². The van der Waals surface area contributed by atoms with Gasteiger partial charge in [-0.15, -0.1) is 5.10 Å². The molecule has 0 saturated heterocycles. The average Bonchev–Trinajstić information content (AvgIpc) is 2.65. The van der Waals surface area contributed by atoms with Crippen molar-refractivity contribution in [1.82, 2.24) is 20.0 Å². The van der Waals surface area contributed by atoms with Crippen LogP contribution in [0.15, 0.2) is 30.7 Å². The van der Waals surface area contributed by atoms with Crippen LogP contribution in [0, 0.1) is 0 Å². The van der Waals surface area contributed by atoms with E-state index >= 15 is 0 Å². The Bertz CT molecular complexity index is 464. The van der Waals surface area contributed by atoms with E-state index < -0.39 is 0 Å². The van der Waals surface area contributed by atoms with E-state index in [0.717, 1.165) is 0 Å². The number of anilines is 1. The zero-order valence-corrected chi connectivity index (χ0v) is 8.08. The Morgan fingerprint density at radius 2 is 2.33 bits per heavy atom. The quantitative estimate of drug-likeness (QED) is 0.769. The third kappa shape index (κ3) is 2.16. The average molecular weight is 203 g/mol. The van der Waals surface area contributed by atoms with Crippen LogP contribution in [-0.2, 0) is 7.05 Å². The Hall–Kier alpha value is -2.24. The lowest BCUT2D eigenvalue weighted by molar-refractivity contribution is 0.102. The number of rotatable bonds is 2. The molecule has 0 fully saturated rings. The lowest BCUT2D eigenvalue weighted by atomic mass is 10.3. The number of carbonyl (C=O) groups excluding carboxylic acids is 1. The molecular weight excluding hydrogens is 194 g/mol. The minimum Gasteiger partial charge on any atom is -0.304 e. The summed E-state index contributed by atoms with van der Waals surface area (Å²) in [6.07, 6.45) is 4.58. The highest BCUT2D eigenvalue weighted by Crippen LogP contribution is 2.02. The molecular formula is C9H9N5O. The van der Waals surface area contributed by atoms with Gasteiger partial charge in [-0.2, -0.15) is 9.90 Å². The van der Waals surface area contributed by atoms with Crippen molar-refractivity contribution in [3.05, 3.63) is 36.3 Å². The first-order chi connectivity index (χ1) is 7.25. The van der Waals surface area contributed by atoms with Gasteiger partial charge in [-0.25, -0.2) is 0 Å². The van der Waals surface area contributed by atoms with Crippen LogP contribution in [0.25, 0.3) is 0 Å². The van der Waals surface area contributed by atoms with E-state index in [2.05, 4.69) is 20.5 Å². The summed E-state index contributed by atoms with van der Waals surface area (Å²) in [5, 5.41) is 10.4. The molecule has 0 aliphatic carbocycles. The SMILES string of the molecule is Cn1ncc(NC(=O)c2cccnc2)n1. The van der Waals surface area contributed by atoms with E-state index in [9.17, 15) is 4.79 Å². The van der Waals surface area contributed by atoms with Crippen LogP contribution in [0.1, 0.15) is 10.4 Å². The standard InChI is InChI=1S/C9H9N5O/c1-14-11-6-8(13-14)12-9(15)7-3-2-4-10-5-7/h2-6H,1H3,(H,12,13,15). The van der Waals surface area contributed by atoms with E-state index in [1.165, 1.54) is 17.2 Å². The number of carbonyl (C=O) groups is 1. The molecule has 2 aromatic rings. The molecule has 6 heteroatoms. The van der Waals surface area contributed by atoms with Crippen molar-refractivity contribution in [2.24, 2.45) is 7.05 Å². The first kappa shape index (κ1) is 9.32. The molecule has 0 radical (unpaired) electrons. The van der Waals surface area contributed by atoms with Crippen LogP contribution >= 0.6 is 0 Å². The molecule has 0 aliphatic rings. The molecule has 1 amide bonds. The van der Waals surface area contributed by atoms with Gasteiger partial charge in [0.1, 0.15) is 0 Å². The number of nitrogens with one attached hydrogen (secondary N) is 1. The molecule has 0 unspecified atom stereocenters. The van der Waals surface area contributed by atoms with Crippen LogP contribution in [0.2, 0.25) is 0 Å². The first-order valence-corrected chi connectivity index (χ1v) is 4.33. The Morgan fingerprint density at radius 3 is 2.93 bits per heavy atom. The number of pyridine rings is 1. The number of hydrogen-bond donors (Lipinski definition) is 1.